The number of benzene rings is 2. The van der Waals surface area contributed by atoms with Crippen molar-refractivity contribution in [3.63, 3.8) is 0 Å². The van der Waals surface area contributed by atoms with Gasteiger partial charge >= 0.3 is 0 Å². The second kappa shape index (κ2) is 6.74. The third kappa shape index (κ3) is 3.62. The highest BCUT2D eigenvalue weighted by Crippen LogP contribution is 2.27. The standard InChI is InChI=1S/C14H12Cl3FN2/c15-10-3-1-8(12(17)7-10)6-14(20-19)9-2-4-11(16)13(18)5-9/h1-5,7,14,20H,6,19H2. The van der Waals surface area contributed by atoms with Crippen molar-refractivity contribution in [1.29, 1.82) is 0 Å². The van der Waals surface area contributed by atoms with E-state index in [1.54, 1.807) is 18.2 Å². The third-order valence-electron chi connectivity index (χ3n) is 2.99. The van der Waals surface area contributed by atoms with E-state index in [4.69, 9.17) is 40.6 Å². The minimum Gasteiger partial charge on any atom is -0.271 e. The van der Waals surface area contributed by atoms with Gasteiger partial charge in [0.2, 0.25) is 0 Å². The molecule has 0 aromatic heterocycles. The number of nitrogens with one attached hydrogen (secondary N) is 1. The number of hydrogen-bond acceptors (Lipinski definition) is 2. The molecule has 0 aliphatic carbocycles. The Morgan fingerprint density at radius 3 is 2.40 bits per heavy atom. The summed E-state index contributed by atoms with van der Waals surface area (Å²) < 4.78 is 13.5. The molecule has 106 valence electrons. The van der Waals surface area contributed by atoms with Gasteiger partial charge in [-0.25, -0.2) is 4.39 Å². The zero-order valence-electron chi connectivity index (χ0n) is 10.3. The Morgan fingerprint density at radius 2 is 1.80 bits per heavy atom. The highest BCUT2D eigenvalue weighted by Gasteiger charge is 2.14. The number of halogens is 4. The van der Waals surface area contributed by atoms with Gasteiger partial charge in [0.05, 0.1) is 11.1 Å². The first-order chi connectivity index (χ1) is 9.51. The SMILES string of the molecule is NNC(Cc1ccc(Cl)cc1Cl)c1ccc(Cl)c(F)c1. The second-order valence-corrected chi connectivity index (χ2v) is 5.58. The van der Waals surface area contributed by atoms with Gasteiger partial charge in [0.1, 0.15) is 5.82 Å². The number of rotatable bonds is 4. The lowest BCUT2D eigenvalue weighted by Gasteiger charge is -2.17. The van der Waals surface area contributed by atoms with Crippen molar-refractivity contribution >= 4 is 34.8 Å². The largest absolute Gasteiger partial charge is 0.271 e. The summed E-state index contributed by atoms with van der Waals surface area (Å²) in [7, 11) is 0. The van der Waals surface area contributed by atoms with Gasteiger partial charge in [0, 0.05) is 10.0 Å². The quantitative estimate of drug-likeness (QED) is 0.637. The van der Waals surface area contributed by atoms with Crippen molar-refractivity contribution in [2.45, 2.75) is 12.5 Å². The Bertz CT molecular complexity index is 619. The van der Waals surface area contributed by atoms with E-state index in [9.17, 15) is 4.39 Å². The Morgan fingerprint density at radius 1 is 1.05 bits per heavy atom. The molecule has 2 nitrogen and oxygen atoms in total. The van der Waals surface area contributed by atoms with E-state index in [1.165, 1.54) is 12.1 Å². The van der Waals surface area contributed by atoms with Crippen LogP contribution in [-0.2, 0) is 6.42 Å². The van der Waals surface area contributed by atoms with E-state index in [1.807, 2.05) is 6.07 Å². The van der Waals surface area contributed by atoms with E-state index in [2.05, 4.69) is 5.43 Å². The van der Waals surface area contributed by atoms with E-state index in [-0.39, 0.29) is 11.1 Å². The lowest BCUT2D eigenvalue weighted by Crippen LogP contribution is -2.29. The highest BCUT2D eigenvalue weighted by molar-refractivity contribution is 6.35. The maximum absolute atomic E-state index is 13.5. The molecular formula is C14H12Cl3FN2. The summed E-state index contributed by atoms with van der Waals surface area (Å²) in [6.07, 6.45) is 0.508. The average Bonchev–Trinajstić information content (AvgIpc) is 2.41. The molecule has 2 rings (SSSR count). The van der Waals surface area contributed by atoms with Crippen LogP contribution in [0.2, 0.25) is 15.1 Å². The van der Waals surface area contributed by atoms with Gasteiger partial charge in [-0.1, -0.05) is 46.9 Å². The van der Waals surface area contributed by atoms with Gasteiger partial charge in [0.25, 0.3) is 0 Å². The predicted molar refractivity (Wildman–Crippen MR) is 81.6 cm³/mol. The fraction of sp³-hybridized carbons (Fsp3) is 0.143. The molecule has 6 heteroatoms. The molecule has 0 aliphatic rings. The first kappa shape index (κ1) is 15.5. The molecule has 0 bridgehead atoms. The van der Waals surface area contributed by atoms with Crippen LogP contribution in [-0.4, -0.2) is 0 Å². The maximum atomic E-state index is 13.5. The Kier molecular flexibility index (Phi) is 5.24. The lowest BCUT2D eigenvalue weighted by atomic mass is 9.99. The molecule has 1 unspecified atom stereocenters. The van der Waals surface area contributed by atoms with Crippen LogP contribution in [0.4, 0.5) is 4.39 Å². The zero-order valence-corrected chi connectivity index (χ0v) is 12.6. The van der Waals surface area contributed by atoms with Crippen LogP contribution in [0.5, 0.6) is 0 Å². The molecule has 0 saturated carbocycles. The maximum Gasteiger partial charge on any atom is 0.142 e. The molecule has 0 saturated heterocycles. The summed E-state index contributed by atoms with van der Waals surface area (Å²) in [5.41, 5.74) is 4.22. The van der Waals surface area contributed by atoms with Crippen molar-refractivity contribution in [2.75, 3.05) is 0 Å². The van der Waals surface area contributed by atoms with Crippen molar-refractivity contribution in [1.82, 2.24) is 5.43 Å². The highest BCUT2D eigenvalue weighted by atomic mass is 35.5. The van der Waals surface area contributed by atoms with Gasteiger partial charge in [-0.15, -0.1) is 0 Å². The van der Waals surface area contributed by atoms with Crippen LogP contribution >= 0.6 is 34.8 Å². The lowest BCUT2D eigenvalue weighted by molar-refractivity contribution is 0.544. The normalized spacial score (nSPS) is 12.4. The summed E-state index contributed by atoms with van der Waals surface area (Å²) in [4.78, 5) is 0. The number of hydrazine groups is 1. The molecule has 0 amide bonds. The number of nitrogens with two attached hydrogens (primary N) is 1. The van der Waals surface area contributed by atoms with E-state index < -0.39 is 5.82 Å². The summed E-state index contributed by atoms with van der Waals surface area (Å²) in [5, 5.41) is 1.19. The van der Waals surface area contributed by atoms with Gasteiger partial charge < -0.3 is 0 Å². The fourth-order valence-corrected chi connectivity index (χ4v) is 2.51. The van der Waals surface area contributed by atoms with Gasteiger partial charge in [0.15, 0.2) is 0 Å². The van der Waals surface area contributed by atoms with Crippen LogP contribution in [0.15, 0.2) is 36.4 Å². The van der Waals surface area contributed by atoms with Crippen molar-refractivity contribution in [2.24, 2.45) is 5.84 Å². The second-order valence-electron chi connectivity index (χ2n) is 4.33. The van der Waals surface area contributed by atoms with Gasteiger partial charge in [-0.05, 0) is 41.8 Å². The monoisotopic (exact) mass is 332 g/mol. The topological polar surface area (TPSA) is 38.0 Å². The molecule has 2 aromatic carbocycles. The predicted octanol–water partition coefficient (Wildman–Crippen LogP) is 4.53. The van der Waals surface area contributed by atoms with Crippen molar-refractivity contribution in [3.8, 4) is 0 Å². The first-order valence-corrected chi connectivity index (χ1v) is 6.99. The number of hydrogen-bond donors (Lipinski definition) is 2. The molecule has 3 N–H and O–H groups in total. The molecule has 0 aliphatic heterocycles. The minimum absolute atomic E-state index is 0.0778. The molecule has 20 heavy (non-hydrogen) atoms. The van der Waals surface area contributed by atoms with Crippen molar-refractivity contribution < 1.29 is 4.39 Å². The Balaban J connectivity index is 2.26. The summed E-state index contributed by atoms with van der Waals surface area (Å²) in [6.45, 7) is 0. The smallest absolute Gasteiger partial charge is 0.142 e. The summed E-state index contributed by atoms with van der Waals surface area (Å²) >= 11 is 17.6. The molecule has 0 fully saturated rings. The zero-order chi connectivity index (χ0) is 14.7. The third-order valence-corrected chi connectivity index (χ3v) is 3.88. The molecule has 0 radical (unpaired) electrons. The Hall–Kier alpha value is -0.840. The molecule has 0 spiro atoms. The molecule has 2 aromatic rings. The van der Waals surface area contributed by atoms with Gasteiger partial charge in [-0.2, -0.15) is 0 Å². The van der Waals surface area contributed by atoms with Crippen LogP contribution in [0.1, 0.15) is 17.2 Å². The van der Waals surface area contributed by atoms with Crippen LogP contribution < -0.4 is 11.3 Å². The molecule has 0 heterocycles. The fourth-order valence-electron chi connectivity index (χ4n) is 1.91. The van der Waals surface area contributed by atoms with E-state index >= 15 is 0 Å². The van der Waals surface area contributed by atoms with Crippen LogP contribution in [0.3, 0.4) is 0 Å². The summed E-state index contributed by atoms with van der Waals surface area (Å²) in [6, 6.07) is 9.53. The van der Waals surface area contributed by atoms with Gasteiger partial charge in [-0.3, -0.25) is 11.3 Å². The first-order valence-electron chi connectivity index (χ1n) is 5.86. The summed E-state index contributed by atoms with van der Waals surface area (Å²) in [5.74, 6) is 5.07. The molecule has 1 atom stereocenters. The van der Waals surface area contributed by atoms with E-state index in [0.717, 1.165) is 5.56 Å². The van der Waals surface area contributed by atoms with E-state index in [0.29, 0.717) is 22.0 Å². The van der Waals surface area contributed by atoms with Crippen LogP contribution in [0, 0.1) is 5.82 Å². The molecular weight excluding hydrogens is 322 g/mol. The van der Waals surface area contributed by atoms with Crippen molar-refractivity contribution in [3.05, 3.63) is 68.4 Å². The minimum atomic E-state index is -0.480. The van der Waals surface area contributed by atoms with Crippen LogP contribution in [0.25, 0.3) is 0 Å². The average molecular weight is 334 g/mol. The Labute approximate surface area is 131 Å².